The van der Waals surface area contributed by atoms with Crippen molar-refractivity contribution in [1.29, 1.82) is 0 Å². The van der Waals surface area contributed by atoms with Crippen molar-refractivity contribution in [2.45, 2.75) is 6.50 Å². The monoisotopic (exact) mass is 438 g/mol. The van der Waals surface area contributed by atoms with Crippen LogP contribution in [0.1, 0.15) is 18.8 Å². The first kappa shape index (κ1) is 18.5. The van der Waals surface area contributed by atoms with E-state index in [2.05, 4.69) is 36.2 Å². The Morgan fingerprint density at radius 2 is 2.03 bits per heavy atom. The maximum absolute atomic E-state index is 12.4. The minimum Gasteiger partial charge on any atom is -0.367 e. The van der Waals surface area contributed by atoms with Gasteiger partial charge in [0.15, 0.2) is 17.3 Å². The molecule has 1 aliphatic rings. The van der Waals surface area contributed by atoms with Crippen molar-refractivity contribution in [1.82, 2.24) is 35.2 Å². The lowest BCUT2D eigenvalue weighted by molar-refractivity contribution is 0.0958. The molecule has 3 N–H and O–H groups in total. The Morgan fingerprint density at radius 1 is 1.25 bits per heavy atom. The average molecular weight is 438 g/mol. The lowest BCUT2D eigenvalue weighted by Gasteiger charge is -2.28. The number of anilines is 4. The molecule has 166 valence electrons. The summed E-state index contributed by atoms with van der Waals surface area (Å²) in [6, 6.07) is 2.80. The van der Waals surface area contributed by atoms with Crippen LogP contribution in [0.3, 0.4) is 0 Å². The number of hydrogen-bond acceptors (Lipinski definition) is 8. The smallest absolute Gasteiger partial charge is 0.322 e. The first-order valence-corrected chi connectivity index (χ1v) is 9.67. The van der Waals surface area contributed by atoms with Crippen molar-refractivity contribution in [2.24, 2.45) is 7.05 Å². The average Bonchev–Trinajstić information content (AvgIpc) is 3.20. The number of carbonyl (C=O) groups excluding carboxylic acids is 2. The summed E-state index contributed by atoms with van der Waals surface area (Å²) >= 11 is 0. The van der Waals surface area contributed by atoms with Gasteiger partial charge in [0.05, 0.1) is 19.8 Å². The number of rotatable bonds is 4. The second-order valence-electron chi connectivity index (χ2n) is 7.31. The summed E-state index contributed by atoms with van der Waals surface area (Å²) in [5, 5.41) is 20.5. The second kappa shape index (κ2) is 8.13. The third-order valence-corrected chi connectivity index (χ3v) is 4.76. The van der Waals surface area contributed by atoms with Crippen LogP contribution in [0.4, 0.5) is 27.8 Å². The van der Waals surface area contributed by atoms with E-state index < -0.39 is 18.4 Å². The maximum atomic E-state index is 12.4. The van der Waals surface area contributed by atoms with Gasteiger partial charge in [0, 0.05) is 71.3 Å². The molecule has 0 fully saturated rings. The molecule has 0 aliphatic carbocycles. The number of fused-ring (bicyclic) bond motifs is 3. The van der Waals surface area contributed by atoms with Gasteiger partial charge in [-0.2, -0.15) is 5.10 Å². The second-order valence-corrected chi connectivity index (χ2v) is 7.31. The zero-order chi connectivity index (χ0) is 24.8. The topological polar surface area (TPSA) is 133 Å². The van der Waals surface area contributed by atoms with E-state index in [1.54, 1.807) is 51.3 Å². The van der Waals surface area contributed by atoms with Crippen molar-refractivity contribution in [3.05, 3.63) is 35.8 Å². The third kappa shape index (κ3) is 3.77. The molecule has 12 nitrogen and oxygen atoms in total. The number of aromatic nitrogens is 5. The van der Waals surface area contributed by atoms with Crippen LogP contribution in [-0.4, -0.2) is 70.0 Å². The van der Waals surface area contributed by atoms with E-state index in [4.69, 9.17) is 2.74 Å². The molecule has 0 radical (unpaired) electrons. The molecule has 3 aromatic rings. The highest BCUT2D eigenvalue weighted by molar-refractivity contribution is 6.00. The van der Waals surface area contributed by atoms with Gasteiger partial charge in [-0.3, -0.25) is 14.8 Å². The van der Waals surface area contributed by atoms with Crippen molar-refractivity contribution in [2.75, 3.05) is 43.7 Å². The minimum absolute atomic E-state index is 0.0234. The Hall–Kier alpha value is -4.22. The Morgan fingerprint density at radius 3 is 2.75 bits per heavy atom. The Bertz CT molecular complexity index is 1290. The standard InChI is InChI=1S/C20H24N10O2/c1-21-19(31)16-13(8-14(25-26-16)24-20(32)28(2)3)23-18-17-12(6-7-22-18)15-11(9-29(17)4)10-30(5)27-15/h6-8,10H,9H2,1-5H3,(H,21,31)(H2,22,23,24,25,32)/i9D2. The summed E-state index contributed by atoms with van der Waals surface area (Å²) < 4.78 is 18.9. The van der Waals surface area contributed by atoms with Gasteiger partial charge < -0.3 is 20.4 Å². The molecular formula is C20H24N10O2. The van der Waals surface area contributed by atoms with Gasteiger partial charge >= 0.3 is 6.03 Å². The lowest BCUT2D eigenvalue weighted by atomic mass is 10.0. The molecule has 0 aromatic carbocycles. The van der Waals surface area contributed by atoms with Gasteiger partial charge in [0.1, 0.15) is 0 Å². The van der Waals surface area contributed by atoms with Gasteiger partial charge in [-0.05, 0) is 6.07 Å². The SMILES string of the molecule is [2H]C1([2H])c2cn(C)nc2-c2ccnc(Nc3cc(NC(=O)N(C)C)nnc3C(=O)NC)c2N1C. The highest BCUT2D eigenvalue weighted by atomic mass is 16.2. The van der Waals surface area contributed by atoms with Crippen LogP contribution in [0.2, 0.25) is 0 Å². The Labute approximate surface area is 187 Å². The Kier molecular flexibility index (Phi) is 4.71. The number of pyridine rings is 1. The van der Waals surface area contributed by atoms with E-state index in [0.717, 1.165) is 0 Å². The zero-order valence-corrected chi connectivity index (χ0v) is 18.3. The third-order valence-electron chi connectivity index (χ3n) is 4.76. The highest BCUT2D eigenvalue weighted by Crippen LogP contribution is 2.42. The quantitative estimate of drug-likeness (QED) is 0.557. The molecule has 32 heavy (non-hydrogen) atoms. The number of nitrogens with zero attached hydrogens (tertiary/aromatic N) is 7. The fraction of sp³-hybridized carbons (Fsp3) is 0.300. The van der Waals surface area contributed by atoms with Crippen molar-refractivity contribution in [3.63, 3.8) is 0 Å². The summed E-state index contributed by atoms with van der Waals surface area (Å²) in [7, 11) is 7.97. The molecule has 3 amide bonds. The molecule has 4 rings (SSSR count). The van der Waals surface area contributed by atoms with E-state index in [-0.39, 0.29) is 23.0 Å². The molecule has 12 heteroatoms. The van der Waals surface area contributed by atoms with Gasteiger partial charge in [-0.1, -0.05) is 0 Å². The van der Waals surface area contributed by atoms with Crippen LogP contribution in [0.25, 0.3) is 11.3 Å². The summed E-state index contributed by atoms with van der Waals surface area (Å²) in [6.07, 6.45) is 3.22. The van der Waals surface area contributed by atoms with Crippen molar-refractivity contribution >= 4 is 34.9 Å². The molecule has 0 bridgehead atoms. The normalized spacial score (nSPS) is 14.5. The van der Waals surface area contributed by atoms with Gasteiger partial charge in [-0.15, -0.1) is 10.2 Å². The van der Waals surface area contributed by atoms with E-state index in [1.807, 2.05) is 0 Å². The summed E-state index contributed by atoms with van der Waals surface area (Å²) in [6.45, 7) is -1.86. The summed E-state index contributed by atoms with van der Waals surface area (Å²) in [5.41, 5.74) is 2.28. The fourth-order valence-corrected chi connectivity index (χ4v) is 3.26. The van der Waals surface area contributed by atoms with E-state index in [1.165, 1.54) is 22.9 Å². The van der Waals surface area contributed by atoms with Gasteiger partial charge in [-0.25, -0.2) is 9.78 Å². The van der Waals surface area contributed by atoms with Gasteiger partial charge in [0.2, 0.25) is 0 Å². The van der Waals surface area contributed by atoms with E-state index in [0.29, 0.717) is 22.5 Å². The molecule has 3 aromatic heterocycles. The maximum Gasteiger partial charge on any atom is 0.322 e. The molecule has 1 aliphatic heterocycles. The highest BCUT2D eigenvalue weighted by Gasteiger charge is 2.27. The number of aryl methyl sites for hydroxylation is 1. The summed E-state index contributed by atoms with van der Waals surface area (Å²) in [5.74, 6) is -0.0986. The van der Waals surface area contributed by atoms with Gasteiger partial charge in [0.25, 0.3) is 5.91 Å². The molecule has 0 saturated carbocycles. The largest absolute Gasteiger partial charge is 0.367 e. The van der Waals surface area contributed by atoms with Crippen LogP contribution >= 0.6 is 0 Å². The number of carbonyl (C=O) groups is 2. The van der Waals surface area contributed by atoms with Crippen LogP contribution in [0.5, 0.6) is 0 Å². The number of urea groups is 1. The molecule has 0 saturated heterocycles. The molecular weight excluding hydrogens is 412 g/mol. The first-order chi connectivity index (χ1) is 16.0. The number of nitrogens with one attached hydrogen (secondary N) is 3. The van der Waals surface area contributed by atoms with Crippen LogP contribution in [0, 0.1) is 0 Å². The summed E-state index contributed by atoms with van der Waals surface area (Å²) in [4.78, 5) is 31.7. The molecule has 4 heterocycles. The lowest BCUT2D eigenvalue weighted by Crippen LogP contribution is -2.28. The van der Waals surface area contributed by atoms with Crippen LogP contribution in [-0.2, 0) is 13.5 Å². The van der Waals surface area contributed by atoms with E-state index in [9.17, 15) is 9.59 Å². The predicted octanol–water partition coefficient (Wildman–Crippen LogP) is 1.42. The Balaban J connectivity index is 1.83. The predicted molar refractivity (Wildman–Crippen MR) is 120 cm³/mol. The molecule has 0 atom stereocenters. The minimum atomic E-state index is -1.86. The van der Waals surface area contributed by atoms with Crippen LogP contribution < -0.4 is 20.9 Å². The van der Waals surface area contributed by atoms with Crippen molar-refractivity contribution < 1.29 is 12.3 Å². The zero-order valence-electron chi connectivity index (χ0n) is 20.3. The molecule has 0 unspecified atom stereocenters. The first-order valence-electron chi connectivity index (χ1n) is 10.7. The van der Waals surface area contributed by atoms with E-state index >= 15 is 0 Å². The fourth-order valence-electron chi connectivity index (χ4n) is 3.26. The molecule has 0 spiro atoms. The van der Waals surface area contributed by atoms with Crippen molar-refractivity contribution in [3.8, 4) is 11.3 Å². The number of hydrogen-bond donors (Lipinski definition) is 3. The number of amides is 3. The van der Waals surface area contributed by atoms with Crippen LogP contribution in [0.15, 0.2) is 24.5 Å².